The number of ether oxygens (including phenoxy) is 1. The zero-order valence-corrected chi connectivity index (χ0v) is 10.5. The zero-order chi connectivity index (χ0) is 11.0. The van der Waals surface area contributed by atoms with Gasteiger partial charge < -0.3 is 10.1 Å². The highest BCUT2D eigenvalue weighted by Gasteiger charge is 2.44. The minimum Gasteiger partial charge on any atom is -0.381 e. The Labute approximate surface area is 99.1 Å². The monoisotopic (exact) mass is 223 g/mol. The highest BCUT2D eigenvalue weighted by molar-refractivity contribution is 4.97. The first-order chi connectivity index (χ1) is 7.88. The minimum atomic E-state index is 0.732. The van der Waals surface area contributed by atoms with Crippen molar-refractivity contribution in [2.24, 2.45) is 23.7 Å². The van der Waals surface area contributed by atoms with Gasteiger partial charge in [-0.25, -0.2) is 0 Å². The van der Waals surface area contributed by atoms with Crippen molar-refractivity contribution in [2.45, 2.75) is 44.6 Å². The van der Waals surface area contributed by atoms with Crippen LogP contribution in [0.25, 0.3) is 0 Å². The third-order valence-electron chi connectivity index (χ3n) is 5.29. The fourth-order valence-corrected chi connectivity index (χ4v) is 4.58. The van der Waals surface area contributed by atoms with Crippen molar-refractivity contribution in [1.29, 1.82) is 0 Å². The molecule has 5 atom stereocenters. The molecular weight excluding hydrogens is 198 g/mol. The molecule has 3 fully saturated rings. The van der Waals surface area contributed by atoms with Crippen LogP contribution in [0.15, 0.2) is 0 Å². The van der Waals surface area contributed by atoms with Gasteiger partial charge in [-0.3, -0.25) is 0 Å². The molecule has 1 saturated heterocycles. The first-order valence-corrected chi connectivity index (χ1v) is 7.13. The number of fused-ring (bicyclic) bond motifs is 2. The van der Waals surface area contributed by atoms with Gasteiger partial charge in [0, 0.05) is 12.6 Å². The molecule has 1 aliphatic heterocycles. The minimum absolute atomic E-state index is 0.732. The number of hydrogen-bond donors (Lipinski definition) is 1. The van der Waals surface area contributed by atoms with E-state index in [2.05, 4.69) is 12.4 Å². The van der Waals surface area contributed by atoms with Crippen LogP contribution in [0.3, 0.4) is 0 Å². The molecule has 2 aliphatic carbocycles. The van der Waals surface area contributed by atoms with Crippen LogP contribution in [0.4, 0.5) is 0 Å². The predicted octanol–water partition coefficient (Wildman–Crippen LogP) is 2.44. The normalized spacial score (nSPS) is 44.8. The fourth-order valence-electron chi connectivity index (χ4n) is 4.58. The lowest BCUT2D eigenvalue weighted by Crippen LogP contribution is -2.45. The summed E-state index contributed by atoms with van der Waals surface area (Å²) in [6, 6.07) is 0.732. The van der Waals surface area contributed by atoms with Crippen molar-refractivity contribution in [2.75, 3.05) is 20.3 Å². The van der Waals surface area contributed by atoms with E-state index >= 15 is 0 Å². The molecule has 0 spiro atoms. The third kappa shape index (κ3) is 1.91. The molecule has 5 unspecified atom stereocenters. The topological polar surface area (TPSA) is 21.3 Å². The molecule has 0 aromatic heterocycles. The van der Waals surface area contributed by atoms with Crippen LogP contribution in [-0.4, -0.2) is 26.3 Å². The van der Waals surface area contributed by atoms with Gasteiger partial charge in [-0.1, -0.05) is 6.42 Å². The number of hydrogen-bond acceptors (Lipinski definition) is 2. The second kappa shape index (κ2) is 4.66. The third-order valence-corrected chi connectivity index (χ3v) is 5.29. The van der Waals surface area contributed by atoms with E-state index in [1.54, 1.807) is 0 Å². The summed E-state index contributed by atoms with van der Waals surface area (Å²) in [4.78, 5) is 0. The van der Waals surface area contributed by atoms with Gasteiger partial charge >= 0.3 is 0 Å². The van der Waals surface area contributed by atoms with Gasteiger partial charge in [0.2, 0.25) is 0 Å². The average Bonchev–Trinajstić information content (AvgIpc) is 2.94. The maximum atomic E-state index is 5.66. The van der Waals surface area contributed by atoms with E-state index in [0.717, 1.165) is 42.9 Å². The Morgan fingerprint density at radius 3 is 2.69 bits per heavy atom. The van der Waals surface area contributed by atoms with Gasteiger partial charge in [0.25, 0.3) is 0 Å². The smallest absolute Gasteiger partial charge is 0.0509 e. The molecule has 0 radical (unpaired) electrons. The Kier molecular flexibility index (Phi) is 3.21. The van der Waals surface area contributed by atoms with Crippen molar-refractivity contribution in [1.82, 2.24) is 5.32 Å². The van der Waals surface area contributed by atoms with Gasteiger partial charge in [0.1, 0.15) is 0 Å². The van der Waals surface area contributed by atoms with Gasteiger partial charge in [0.05, 0.1) is 6.61 Å². The highest BCUT2D eigenvalue weighted by Crippen LogP contribution is 2.50. The molecule has 2 bridgehead atoms. The Morgan fingerprint density at radius 1 is 1.19 bits per heavy atom. The van der Waals surface area contributed by atoms with Gasteiger partial charge in [-0.2, -0.15) is 0 Å². The standard InChI is InChI=1S/C14H25NO/c1-15-14(12-3-2-6-16-9-12)13-8-10-4-5-11(13)7-10/h10-15H,2-9H2,1H3. The number of rotatable bonds is 3. The van der Waals surface area contributed by atoms with E-state index in [1.165, 1.54) is 38.5 Å². The molecule has 0 aromatic carbocycles. The van der Waals surface area contributed by atoms with Gasteiger partial charge in [-0.05, 0) is 62.8 Å². The van der Waals surface area contributed by atoms with E-state index in [0.29, 0.717) is 0 Å². The van der Waals surface area contributed by atoms with Crippen molar-refractivity contribution in [3.63, 3.8) is 0 Å². The molecular formula is C14H25NO. The largest absolute Gasteiger partial charge is 0.381 e. The first-order valence-electron chi connectivity index (χ1n) is 7.13. The molecule has 1 N–H and O–H groups in total. The van der Waals surface area contributed by atoms with Crippen molar-refractivity contribution in [3.05, 3.63) is 0 Å². The van der Waals surface area contributed by atoms with Crippen LogP contribution in [-0.2, 0) is 4.74 Å². The quantitative estimate of drug-likeness (QED) is 0.793. The SMILES string of the molecule is CNC(C1CCCOC1)C1CC2CCC1C2. The summed E-state index contributed by atoms with van der Waals surface area (Å²) in [6.07, 6.45) is 8.67. The Bertz CT molecular complexity index is 237. The number of nitrogens with one attached hydrogen (secondary N) is 1. The first kappa shape index (κ1) is 11.0. The molecule has 2 nitrogen and oxygen atoms in total. The summed E-state index contributed by atoms with van der Waals surface area (Å²) < 4.78 is 5.66. The predicted molar refractivity (Wildman–Crippen MR) is 65.3 cm³/mol. The Hall–Kier alpha value is -0.0800. The molecule has 3 aliphatic rings. The van der Waals surface area contributed by atoms with E-state index in [-0.39, 0.29) is 0 Å². The summed E-state index contributed by atoms with van der Waals surface area (Å²) >= 11 is 0. The van der Waals surface area contributed by atoms with Crippen LogP contribution in [0.2, 0.25) is 0 Å². The van der Waals surface area contributed by atoms with E-state index in [1.807, 2.05) is 0 Å². The molecule has 3 rings (SSSR count). The van der Waals surface area contributed by atoms with Gasteiger partial charge in [-0.15, -0.1) is 0 Å². The van der Waals surface area contributed by atoms with Crippen LogP contribution in [0.1, 0.15) is 38.5 Å². The lowest BCUT2D eigenvalue weighted by Gasteiger charge is -2.37. The summed E-state index contributed by atoms with van der Waals surface area (Å²) in [5, 5.41) is 3.62. The Morgan fingerprint density at radius 2 is 2.12 bits per heavy atom. The van der Waals surface area contributed by atoms with Crippen molar-refractivity contribution >= 4 is 0 Å². The molecule has 16 heavy (non-hydrogen) atoms. The van der Waals surface area contributed by atoms with Crippen LogP contribution >= 0.6 is 0 Å². The molecule has 92 valence electrons. The molecule has 0 aromatic rings. The van der Waals surface area contributed by atoms with Crippen molar-refractivity contribution in [3.8, 4) is 0 Å². The highest BCUT2D eigenvalue weighted by atomic mass is 16.5. The van der Waals surface area contributed by atoms with Gasteiger partial charge in [0.15, 0.2) is 0 Å². The lowest BCUT2D eigenvalue weighted by molar-refractivity contribution is 0.0239. The van der Waals surface area contributed by atoms with E-state index in [4.69, 9.17) is 4.74 Å². The average molecular weight is 223 g/mol. The molecule has 1 heterocycles. The molecule has 0 amide bonds. The van der Waals surface area contributed by atoms with Crippen LogP contribution in [0.5, 0.6) is 0 Å². The summed E-state index contributed by atoms with van der Waals surface area (Å²) in [7, 11) is 2.16. The summed E-state index contributed by atoms with van der Waals surface area (Å²) in [5.74, 6) is 3.83. The van der Waals surface area contributed by atoms with Crippen molar-refractivity contribution < 1.29 is 4.74 Å². The zero-order valence-electron chi connectivity index (χ0n) is 10.5. The summed E-state index contributed by atoms with van der Waals surface area (Å²) in [5.41, 5.74) is 0. The summed E-state index contributed by atoms with van der Waals surface area (Å²) in [6.45, 7) is 1.99. The molecule has 2 heteroatoms. The lowest BCUT2D eigenvalue weighted by atomic mass is 9.76. The Balaban J connectivity index is 1.65. The maximum absolute atomic E-state index is 5.66. The van der Waals surface area contributed by atoms with E-state index < -0.39 is 0 Å². The fraction of sp³-hybridized carbons (Fsp3) is 1.00. The second-order valence-corrected chi connectivity index (χ2v) is 6.13. The maximum Gasteiger partial charge on any atom is 0.0509 e. The van der Waals surface area contributed by atoms with E-state index in [9.17, 15) is 0 Å². The molecule has 2 saturated carbocycles. The van der Waals surface area contributed by atoms with Crippen LogP contribution < -0.4 is 5.32 Å². The van der Waals surface area contributed by atoms with Crippen LogP contribution in [0, 0.1) is 23.7 Å². The second-order valence-electron chi connectivity index (χ2n) is 6.13.